The third-order valence-electron chi connectivity index (χ3n) is 2.82. The molecular weight excluding hydrogens is 261 g/mol. The van der Waals surface area contributed by atoms with E-state index in [-0.39, 0.29) is 5.82 Å². The molecule has 1 N–H and O–H groups in total. The molecule has 0 aliphatic carbocycles. The first-order valence-electron chi connectivity index (χ1n) is 6.28. The van der Waals surface area contributed by atoms with Crippen molar-refractivity contribution in [2.75, 3.05) is 32.7 Å². The zero-order valence-electron chi connectivity index (χ0n) is 11.8. The van der Waals surface area contributed by atoms with Crippen LogP contribution < -0.4 is 10.1 Å². The normalized spacial score (nSPS) is 10.6. The van der Waals surface area contributed by atoms with E-state index in [4.69, 9.17) is 9.47 Å². The minimum absolute atomic E-state index is 0.337. The van der Waals surface area contributed by atoms with Gasteiger partial charge in [-0.2, -0.15) is 0 Å². The molecule has 20 heavy (non-hydrogen) atoms. The van der Waals surface area contributed by atoms with Gasteiger partial charge in [0.1, 0.15) is 11.6 Å². The number of aryl methyl sites for hydroxylation is 1. The Hall–Kier alpha value is -2.08. The van der Waals surface area contributed by atoms with Crippen molar-refractivity contribution in [1.29, 1.82) is 0 Å². The fourth-order valence-corrected chi connectivity index (χ4v) is 1.92. The Bertz CT molecular complexity index is 584. The zero-order valence-corrected chi connectivity index (χ0v) is 11.8. The van der Waals surface area contributed by atoms with Gasteiger partial charge in [0.05, 0.1) is 25.1 Å². The van der Waals surface area contributed by atoms with E-state index in [0.29, 0.717) is 24.8 Å². The van der Waals surface area contributed by atoms with Gasteiger partial charge in [-0.3, -0.25) is 4.57 Å². The number of halogens is 1. The number of nitrogens with zero attached hydrogens (tertiary/aromatic N) is 2. The minimum atomic E-state index is -0.337. The lowest BCUT2D eigenvalue weighted by Gasteiger charge is -2.13. The maximum atomic E-state index is 13.3. The molecule has 0 radical (unpaired) electrons. The van der Waals surface area contributed by atoms with Crippen LogP contribution in [0.5, 0.6) is 5.75 Å². The molecule has 1 aromatic carbocycles. The van der Waals surface area contributed by atoms with Crippen LogP contribution in [0, 0.1) is 12.7 Å². The molecule has 108 valence electrons. The van der Waals surface area contributed by atoms with Gasteiger partial charge in [0.15, 0.2) is 0 Å². The number of benzene rings is 1. The molecule has 0 spiro atoms. The number of methoxy groups -OCH3 is 2. The lowest BCUT2D eigenvalue weighted by molar-refractivity contribution is 0.210. The summed E-state index contributed by atoms with van der Waals surface area (Å²) in [5, 5.41) is 3.18. The van der Waals surface area contributed by atoms with Crippen molar-refractivity contribution in [2.45, 2.75) is 6.92 Å². The molecule has 6 heteroatoms. The summed E-state index contributed by atoms with van der Waals surface area (Å²) in [6, 6.07) is 4.41. The van der Waals surface area contributed by atoms with Crippen molar-refractivity contribution in [2.24, 2.45) is 0 Å². The van der Waals surface area contributed by atoms with E-state index in [1.807, 2.05) is 17.7 Å². The minimum Gasteiger partial charge on any atom is -0.494 e. The third-order valence-corrected chi connectivity index (χ3v) is 2.82. The number of aromatic nitrogens is 2. The molecular formula is C14H18FN3O2. The molecule has 0 aliphatic heterocycles. The summed E-state index contributed by atoms with van der Waals surface area (Å²) in [6.07, 6.45) is 1.87. The molecule has 0 saturated heterocycles. The predicted octanol–water partition coefficient (Wildman–Crippen LogP) is 2.39. The largest absolute Gasteiger partial charge is 0.494 e. The highest BCUT2D eigenvalue weighted by molar-refractivity contribution is 5.52. The lowest BCUT2D eigenvalue weighted by Crippen LogP contribution is -2.12. The fraction of sp³-hybridized carbons (Fsp3) is 0.357. The first kappa shape index (κ1) is 14.3. The first-order chi connectivity index (χ1) is 9.65. The number of hydrogen-bond acceptors (Lipinski definition) is 4. The molecule has 0 saturated carbocycles. The van der Waals surface area contributed by atoms with Crippen LogP contribution in [0.25, 0.3) is 5.69 Å². The van der Waals surface area contributed by atoms with Crippen LogP contribution in [-0.4, -0.2) is 36.9 Å². The lowest BCUT2D eigenvalue weighted by atomic mass is 10.3. The summed E-state index contributed by atoms with van der Waals surface area (Å²) in [4.78, 5) is 4.40. The average molecular weight is 279 g/mol. The Balaban J connectivity index is 2.36. The SMILES string of the molecule is COCCNc1nc(C)cn1-c1ccc(F)cc1OC. The van der Waals surface area contributed by atoms with Gasteiger partial charge in [-0.15, -0.1) is 0 Å². The summed E-state index contributed by atoms with van der Waals surface area (Å²) >= 11 is 0. The maximum Gasteiger partial charge on any atom is 0.207 e. The summed E-state index contributed by atoms with van der Waals surface area (Å²) in [7, 11) is 3.16. The predicted molar refractivity (Wildman–Crippen MR) is 75.2 cm³/mol. The van der Waals surface area contributed by atoms with Gasteiger partial charge in [-0.1, -0.05) is 0 Å². The van der Waals surface area contributed by atoms with Gasteiger partial charge in [0, 0.05) is 25.9 Å². The van der Waals surface area contributed by atoms with E-state index < -0.39 is 0 Å². The molecule has 1 aromatic heterocycles. The van der Waals surface area contributed by atoms with E-state index in [1.165, 1.54) is 19.2 Å². The average Bonchev–Trinajstić information content (AvgIpc) is 2.80. The van der Waals surface area contributed by atoms with Crippen molar-refractivity contribution in [3.63, 3.8) is 0 Å². The van der Waals surface area contributed by atoms with Crippen LogP contribution in [0.3, 0.4) is 0 Å². The first-order valence-corrected chi connectivity index (χ1v) is 6.28. The second-order valence-electron chi connectivity index (χ2n) is 4.31. The molecule has 0 fully saturated rings. The number of nitrogens with one attached hydrogen (secondary N) is 1. The quantitative estimate of drug-likeness (QED) is 0.825. The summed E-state index contributed by atoms with van der Waals surface area (Å²) < 4.78 is 25.3. The van der Waals surface area contributed by atoms with Crippen molar-refractivity contribution in [1.82, 2.24) is 9.55 Å². The molecule has 0 aliphatic rings. The highest BCUT2D eigenvalue weighted by Crippen LogP contribution is 2.27. The van der Waals surface area contributed by atoms with Crippen LogP contribution in [0.4, 0.5) is 10.3 Å². The fourth-order valence-electron chi connectivity index (χ4n) is 1.92. The van der Waals surface area contributed by atoms with Crippen molar-refractivity contribution in [3.05, 3.63) is 35.9 Å². The van der Waals surface area contributed by atoms with Gasteiger partial charge in [-0.25, -0.2) is 9.37 Å². The molecule has 2 rings (SSSR count). The molecule has 0 unspecified atom stereocenters. The molecule has 0 atom stereocenters. The number of anilines is 1. The number of imidazole rings is 1. The molecule has 0 bridgehead atoms. The molecule has 0 amide bonds. The van der Waals surface area contributed by atoms with E-state index in [9.17, 15) is 4.39 Å². The highest BCUT2D eigenvalue weighted by atomic mass is 19.1. The second-order valence-corrected chi connectivity index (χ2v) is 4.31. The van der Waals surface area contributed by atoms with Crippen molar-refractivity contribution < 1.29 is 13.9 Å². The van der Waals surface area contributed by atoms with Crippen LogP contribution in [-0.2, 0) is 4.74 Å². The Kier molecular flexibility index (Phi) is 4.57. The van der Waals surface area contributed by atoms with E-state index in [1.54, 1.807) is 13.2 Å². The number of ether oxygens (including phenoxy) is 2. The summed E-state index contributed by atoms with van der Waals surface area (Å²) in [5.74, 6) is 0.790. The Morgan fingerprint density at radius 3 is 2.85 bits per heavy atom. The Labute approximate surface area is 117 Å². The van der Waals surface area contributed by atoms with Gasteiger partial charge >= 0.3 is 0 Å². The third kappa shape index (κ3) is 3.08. The highest BCUT2D eigenvalue weighted by Gasteiger charge is 2.12. The van der Waals surface area contributed by atoms with E-state index >= 15 is 0 Å². The monoisotopic (exact) mass is 279 g/mol. The number of rotatable bonds is 6. The van der Waals surface area contributed by atoms with E-state index in [2.05, 4.69) is 10.3 Å². The molecule has 1 heterocycles. The molecule has 2 aromatic rings. The van der Waals surface area contributed by atoms with Crippen molar-refractivity contribution in [3.8, 4) is 11.4 Å². The van der Waals surface area contributed by atoms with Crippen LogP contribution in [0.15, 0.2) is 24.4 Å². The van der Waals surface area contributed by atoms with Gasteiger partial charge < -0.3 is 14.8 Å². The molecule has 5 nitrogen and oxygen atoms in total. The van der Waals surface area contributed by atoms with Gasteiger partial charge in [0.25, 0.3) is 0 Å². The smallest absolute Gasteiger partial charge is 0.207 e. The summed E-state index contributed by atoms with van der Waals surface area (Å²) in [6.45, 7) is 3.11. The number of hydrogen-bond donors (Lipinski definition) is 1. The van der Waals surface area contributed by atoms with Gasteiger partial charge in [0.2, 0.25) is 5.95 Å². The summed E-state index contributed by atoms with van der Waals surface area (Å²) in [5.41, 5.74) is 1.59. The zero-order chi connectivity index (χ0) is 14.5. The topological polar surface area (TPSA) is 48.3 Å². The van der Waals surface area contributed by atoms with Crippen LogP contribution in [0.2, 0.25) is 0 Å². The van der Waals surface area contributed by atoms with Gasteiger partial charge in [-0.05, 0) is 19.1 Å². The second kappa shape index (κ2) is 6.38. The maximum absolute atomic E-state index is 13.3. The Morgan fingerprint density at radius 1 is 1.35 bits per heavy atom. The van der Waals surface area contributed by atoms with Crippen LogP contribution in [0.1, 0.15) is 5.69 Å². The Morgan fingerprint density at radius 2 is 2.15 bits per heavy atom. The van der Waals surface area contributed by atoms with Crippen LogP contribution >= 0.6 is 0 Å². The standard InChI is InChI=1S/C14H18FN3O2/c1-10-9-18(14(17-10)16-6-7-19-2)12-5-4-11(15)8-13(12)20-3/h4-5,8-9H,6-7H2,1-3H3,(H,16,17). The van der Waals surface area contributed by atoms with Crippen molar-refractivity contribution >= 4 is 5.95 Å². The van der Waals surface area contributed by atoms with E-state index in [0.717, 1.165) is 11.4 Å².